The third kappa shape index (κ3) is 1.12. The highest BCUT2D eigenvalue weighted by atomic mass is 19.1. The van der Waals surface area contributed by atoms with Crippen LogP contribution >= 0.6 is 0 Å². The molecule has 1 unspecified atom stereocenters. The molecule has 2 fully saturated rings. The van der Waals surface area contributed by atoms with Crippen LogP contribution in [0, 0.1) is 5.41 Å². The van der Waals surface area contributed by atoms with Crippen molar-refractivity contribution < 1.29 is 4.39 Å². The molecule has 0 saturated carbocycles. The number of hydrogen-bond acceptors (Lipinski definition) is 1. The molecule has 2 aliphatic heterocycles. The van der Waals surface area contributed by atoms with Crippen molar-refractivity contribution in [3.8, 4) is 0 Å². The molecule has 0 aliphatic carbocycles. The van der Waals surface area contributed by atoms with E-state index in [4.69, 9.17) is 0 Å². The number of allylic oxidation sites excluding steroid dienone is 1. The molecule has 0 amide bonds. The maximum atomic E-state index is 12.7. The van der Waals surface area contributed by atoms with Gasteiger partial charge in [0.25, 0.3) is 0 Å². The predicted octanol–water partition coefficient (Wildman–Crippen LogP) is 3.47. The zero-order valence-electron chi connectivity index (χ0n) is 9.44. The second kappa shape index (κ2) is 2.98. The van der Waals surface area contributed by atoms with Crippen molar-refractivity contribution in [2.45, 2.75) is 52.0 Å². The van der Waals surface area contributed by atoms with Crippen LogP contribution in [0.2, 0.25) is 0 Å². The lowest BCUT2D eigenvalue weighted by Gasteiger charge is -2.45. The van der Waals surface area contributed by atoms with Gasteiger partial charge in [-0.05, 0) is 31.1 Å². The largest absolute Gasteiger partial charge is 0.367 e. The van der Waals surface area contributed by atoms with Crippen LogP contribution in [0.4, 0.5) is 4.39 Å². The number of fused-ring (bicyclic) bond motifs is 1. The molecule has 0 radical (unpaired) electrons. The Bertz CT molecular complexity index is 264. The molecule has 2 aliphatic rings. The lowest BCUT2D eigenvalue weighted by Crippen LogP contribution is -2.48. The van der Waals surface area contributed by atoms with Crippen LogP contribution in [0.1, 0.15) is 46.5 Å². The van der Waals surface area contributed by atoms with E-state index in [1.54, 1.807) is 0 Å². The number of halogens is 1. The van der Waals surface area contributed by atoms with Crippen molar-refractivity contribution in [3.63, 3.8) is 0 Å². The Kier molecular flexibility index (Phi) is 2.13. The van der Waals surface area contributed by atoms with Crippen LogP contribution in [0.3, 0.4) is 0 Å². The van der Waals surface area contributed by atoms with Crippen molar-refractivity contribution in [1.82, 2.24) is 4.90 Å². The SMILES string of the molecule is CC(C)(C)C12CCCN1/C(=C\F)CC2. The highest BCUT2D eigenvalue weighted by Crippen LogP contribution is 2.53. The summed E-state index contributed by atoms with van der Waals surface area (Å²) in [6, 6.07) is 0. The molecule has 0 aromatic rings. The van der Waals surface area contributed by atoms with Crippen LogP contribution in [0.15, 0.2) is 12.0 Å². The highest BCUT2D eigenvalue weighted by molar-refractivity contribution is 5.19. The molecule has 1 atom stereocenters. The lowest BCUT2D eigenvalue weighted by molar-refractivity contribution is 0.0773. The molecule has 2 heteroatoms. The van der Waals surface area contributed by atoms with E-state index in [0.29, 0.717) is 0 Å². The van der Waals surface area contributed by atoms with E-state index in [1.165, 1.54) is 12.8 Å². The van der Waals surface area contributed by atoms with Crippen LogP contribution < -0.4 is 0 Å². The molecule has 0 spiro atoms. The van der Waals surface area contributed by atoms with Gasteiger partial charge in [-0.3, -0.25) is 0 Å². The first-order chi connectivity index (χ1) is 6.51. The summed E-state index contributed by atoms with van der Waals surface area (Å²) in [5.41, 5.74) is 1.43. The summed E-state index contributed by atoms with van der Waals surface area (Å²) in [5.74, 6) is 0. The molecule has 2 heterocycles. The third-order valence-electron chi connectivity index (χ3n) is 4.15. The van der Waals surface area contributed by atoms with E-state index >= 15 is 0 Å². The van der Waals surface area contributed by atoms with Crippen LogP contribution in [-0.4, -0.2) is 17.0 Å². The average molecular weight is 197 g/mol. The van der Waals surface area contributed by atoms with Crippen LogP contribution in [0.5, 0.6) is 0 Å². The van der Waals surface area contributed by atoms with Gasteiger partial charge >= 0.3 is 0 Å². The van der Waals surface area contributed by atoms with Crippen molar-refractivity contribution >= 4 is 0 Å². The summed E-state index contributed by atoms with van der Waals surface area (Å²) in [4.78, 5) is 2.33. The van der Waals surface area contributed by atoms with Gasteiger partial charge in [-0.1, -0.05) is 20.8 Å². The molecular weight excluding hydrogens is 177 g/mol. The Hall–Kier alpha value is -0.530. The Morgan fingerprint density at radius 3 is 2.64 bits per heavy atom. The fraction of sp³-hybridized carbons (Fsp3) is 0.833. The van der Waals surface area contributed by atoms with Gasteiger partial charge in [0.05, 0.1) is 0 Å². The Morgan fingerprint density at radius 2 is 2.07 bits per heavy atom. The monoisotopic (exact) mass is 197 g/mol. The maximum absolute atomic E-state index is 12.7. The zero-order valence-corrected chi connectivity index (χ0v) is 9.44. The molecule has 14 heavy (non-hydrogen) atoms. The summed E-state index contributed by atoms with van der Waals surface area (Å²) in [7, 11) is 0. The predicted molar refractivity (Wildman–Crippen MR) is 56.6 cm³/mol. The first-order valence-corrected chi connectivity index (χ1v) is 5.58. The maximum Gasteiger partial charge on any atom is 0.106 e. The summed E-state index contributed by atoms with van der Waals surface area (Å²) in [6.07, 6.45) is 5.32. The van der Waals surface area contributed by atoms with Gasteiger partial charge < -0.3 is 4.90 Å². The average Bonchev–Trinajstić information content (AvgIpc) is 2.58. The number of nitrogens with zero attached hydrogens (tertiary/aromatic N) is 1. The second-order valence-corrected chi connectivity index (χ2v) is 5.64. The van der Waals surface area contributed by atoms with Gasteiger partial charge in [0.15, 0.2) is 0 Å². The van der Waals surface area contributed by atoms with Crippen LogP contribution in [-0.2, 0) is 0 Å². The van der Waals surface area contributed by atoms with Crippen molar-refractivity contribution in [2.75, 3.05) is 6.54 Å². The topological polar surface area (TPSA) is 3.24 Å². The summed E-state index contributed by atoms with van der Waals surface area (Å²) in [5, 5.41) is 0. The van der Waals surface area contributed by atoms with Gasteiger partial charge in [-0.2, -0.15) is 0 Å². The molecule has 0 N–H and O–H groups in total. The molecule has 0 aromatic heterocycles. The normalized spacial score (nSPS) is 35.4. The van der Waals surface area contributed by atoms with Crippen molar-refractivity contribution in [3.05, 3.63) is 12.0 Å². The Morgan fingerprint density at radius 1 is 1.36 bits per heavy atom. The second-order valence-electron chi connectivity index (χ2n) is 5.64. The number of hydrogen-bond donors (Lipinski definition) is 0. The summed E-state index contributed by atoms with van der Waals surface area (Å²) < 4.78 is 12.7. The van der Waals surface area contributed by atoms with Crippen molar-refractivity contribution in [2.24, 2.45) is 5.41 Å². The summed E-state index contributed by atoms with van der Waals surface area (Å²) >= 11 is 0. The smallest absolute Gasteiger partial charge is 0.106 e. The standard InChI is InChI=1S/C12H20FN/c1-11(2,3)12-6-4-8-14(12)10(9-13)5-7-12/h9H,4-8H2,1-3H3/b10-9-. The van der Waals surface area contributed by atoms with E-state index in [-0.39, 0.29) is 11.0 Å². The molecule has 0 bridgehead atoms. The molecular formula is C12H20FN. The highest BCUT2D eigenvalue weighted by Gasteiger charge is 2.53. The Balaban J connectivity index is 2.36. The van der Waals surface area contributed by atoms with Crippen molar-refractivity contribution in [1.29, 1.82) is 0 Å². The Labute approximate surface area is 86.0 Å². The first kappa shape index (κ1) is 10.0. The molecule has 2 saturated heterocycles. The quantitative estimate of drug-likeness (QED) is 0.574. The van der Waals surface area contributed by atoms with Gasteiger partial charge in [0.1, 0.15) is 6.33 Å². The van der Waals surface area contributed by atoms with E-state index < -0.39 is 0 Å². The fourth-order valence-electron chi connectivity index (χ4n) is 3.30. The fourth-order valence-corrected chi connectivity index (χ4v) is 3.30. The van der Waals surface area contributed by atoms with E-state index in [0.717, 1.165) is 31.4 Å². The first-order valence-electron chi connectivity index (χ1n) is 5.58. The molecule has 2 rings (SSSR count). The van der Waals surface area contributed by atoms with E-state index in [2.05, 4.69) is 25.7 Å². The van der Waals surface area contributed by atoms with Gasteiger partial charge in [-0.15, -0.1) is 0 Å². The summed E-state index contributed by atoms with van der Waals surface area (Å²) in [6.45, 7) is 7.90. The zero-order chi connectivity index (χ0) is 10.4. The van der Waals surface area contributed by atoms with Gasteiger partial charge in [0.2, 0.25) is 0 Å². The molecule has 80 valence electrons. The minimum atomic E-state index is 0.241. The molecule has 0 aromatic carbocycles. The van der Waals surface area contributed by atoms with E-state index in [1.807, 2.05) is 0 Å². The third-order valence-corrected chi connectivity index (χ3v) is 4.15. The molecule has 1 nitrogen and oxygen atoms in total. The minimum Gasteiger partial charge on any atom is -0.367 e. The lowest BCUT2D eigenvalue weighted by atomic mass is 9.71. The van der Waals surface area contributed by atoms with Gasteiger partial charge in [-0.25, -0.2) is 4.39 Å². The van der Waals surface area contributed by atoms with Gasteiger partial charge in [0, 0.05) is 17.8 Å². The van der Waals surface area contributed by atoms with E-state index in [9.17, 15) is 4.39 Å². The number of rotatable bonds is 0. The minimum absolute atomic E-state index is 0.241. The van der Waals surface area contributed by atoms with Crippen LogP contribution in [0.25, 0.3) is 0 Å².